The maximum Gasteiger partial charge on any atom is 0.233 e. The van der Waals surface area contributed by atoms with Crippen molar-refractivity contribution in [3.63, 3.8) is 0 Å². The van der Waals surface area contributed by atoms with Crippen LogP contribution in [0.1, 0.15) is 36.6 Å². The number of aliphatic hydroxyl groups is 2. The Morgan fingerprint density at radius 3 is 2.53 bits per heavy atom. The van der Waals surface area contributed by atoms with Crippen molar-refractivity contribution < 1.29 is 15.0 Å². The Balaban J connectivity index is 1.49. The van der Waals surface area contributed by atoms with E-state index < -0.39 is 17.6 Å². The van der Waals surface area contributed by atoms with Gasteiger partial charge < -0.3 is 10.2 Å². The number of piperidine rings is 3. The number of amides is 1. The highest BCUT2D eigenvalue weighted by molar-refractivity contribution is 5.96. The summed E-state index contributed by atoms with van der Waals surface area (Å²) < 4.78 is 0. The van der Waals surface area contributed by atoms with E-state index in [-0.39, 0.29) is 18.4 Å². The van der Waals surface area contributed by atoms with Crippen LogP contribution in [0.15, 0.2) is 42.5 Å². The van der Waals surface area contributed by atoms with E-state index in [1.54, 1.807) is 17.9 Å². The summed E-state index contributed by atoms with van der Waals surface area (Å²) in [5.74, 6) is 6.63. The summed E-state index contributed by atoms with van der Waals surface area (Å²) in [6, 6.07) is 13.7. The topological polar surface area (TPSA) is 76.9 Å². The number of carbonyl (C=O) groups is 1. The Labute approximate surface area is 188 Å². The maximum atomic E-state index is 12.6. The second-order valence-electron chi connectivity index (χ2n) is 9.36. The molecule has 1 amide bonds. The molecular formula is C26H29N3O3. The quantitative estimate of drug-likeness (QED) is 0.725. The molecule has 32 heavy (non-hydrogen) atoms. The van der Waals surface area contributed by atoms with Gasteiger partial charge in [-0.1, -0.05) is 49.1 Å². The van der Waals surface area contributed by atoms with Crippen molar-refractivity contribution in [2.45, 2.75) is 37.9 Å². The average Bonchev–Trinajstić information content (AvgIpc) is 3.07. The minimum atomic E-state index is -0.982. The van der Waals surface area contributed by atoms with Crippen LogP contribution in [-0.4, -0.2) is 63.9 Å². The number of fused-ring (bicyclic) bond motifs is 3. The van der Waals surface area contributed by atoms with E-state index in [2.05, 4.69) is 16.7 Å². The molecule has 6 nitrogen and oxygen atoms in total. The fraction of sp³-hybridized carbons (Fsp3) is 0.462. The fourth-order valence-electron chi connectivity index (χ4n) is 5.09. The molecule has 4 saturated heterocycles. The van der Waals surface area contributed by atoms with Crippen LogP contribution in [0.25, 0.3) is 0 Å². The number of benzene rings is 1. The molecule has 1 aromatic heterocycles. The predicted octanol–water partition coefficient (Wildman–Crippen LogP) is 1.82. The SMILES string of the molecule is C[C@H]1C(=O)N(c2ccc(C#C[C@@]3(O)CN4CCC3CC4)c(Cc3ccccc3)n2)C[C@H]1O. The van der Waals surface area contributed by atoms with Crippen molar-refractivity contribution in [1.29, 1.82) is 0 Å². The van der Waals surface area contributed by atoms with E-state index in [4.69, 9.17) is 4.98 Å². The highest BCUT2D eigenvalue weighted by Crippen LogP contribution is 2.35. The van der Waals surface area contributed by atoms with Crippen molar-refractivity contribution in [1.82, 2.24) is 9.88 Å². The molecule has 4 fully saturated rings. The monoisotopic (exact) mass is 431 g/mol. The number of anilines is 1. The number of aliphatic hydroxyl groups excluding tert-OH is 1. The van der Waals surface area contributed by atoms with E-state index in [0.717, 1.165) is 42.8 Å². The molecule has 6 heteroatoms. The number of hydrogen-bond donors (Lipinski definition) is 2. The first-order valence-electron chi connectivity index (χ1n) is 11.4. The van der Waals surface area contributed by atoms with Gasteiger partial charge in [0.05, 0.1) is 24.3 Å². The minimum absolute atomic E-state index is 0.115. The maximum absolute atomic E-state index is 12.6. The summed E-state index contributed by atoms with van der Waals surface area (Å²) in [6.07, 6.45) is 1.85. The molecule has 5 heterocycles. The molecule has 3 atom stereocenters. The van der Waals surface area contributed by atoms with E-state index >= 15 is 0 Å². The molecular weight excluding hydrogens is 402 g/mol. The van der Waals surface area contributed by atoms with Crippen molar-refractivity contribution in [2.24, 2.45) is 11.8 Å². The van der Waals surface area contributed by atoms with Crippen molar-refractivity contribution in [2.75, 3.05) is 31.1 Å². The fourth-order valence-corrected chi connectivity index (χ4v) is 5.09. The number of β-amino-alcohol motifs (C(OH)–C–C–N with tert-alkyl or cyclic N) is 1. The van der Waals surface area contributed by atoms with Crippen LogP contribution in [-0.2, 0) is 11.2 Å². The van der Waals surface area contributed by atoms with Crippen LogP contribution >= 0.6 is 0 Å². The van der Waals surface area contributed by atoms with Gasteiger partial charge in [0.2, 0.25) is 5.91 Å². The van der Waals surface area contributed by atoms with Crippen LogP contribution in [0.5, 0.6) is 0 Å². The number of aromatic nitrogens is 1. The number of rotatable bonds is 3. The molecule has 0 unspecified atom stereocenters. The van der Waals surface area contributed by atoms with Gasteiger partial charge in [-0.3, -0.25) is 14.6 Å². The lowest BCUT2D eigenvalue weighted by molar-refractivity contribution is -0.121. The number of carbonyl (C=O) groups excluding carboxylic acids is 1. The van der Waals surface area contributed by atoms with Gasteiger partial charge in [-0.15, -0.1) is 0 Å². The zero-order valence-electron chi connectivity index (χ0n) is 18.4. The molecule has 6 rings (SSSR count). The normalized spacial score (nSPS) is 31.5. The van der Waals surface area contributed by atoms with Crippen molar-refractivity contribution in [3.8, 4) is 11.8 Å². The highest BCUT2D eigenvalue weighted by atomic mass is 16.3. The Morgan fingerprint density at radius 2 is 1.91 bits per heavy atom. The van der Waals surface area contributed by atoms with Crippen LogP contribution < -0.4 is 4.90 Å². The van der Waals surface area contributed by atoms with Gasteiger partial charge in [0.1, 0.15) is 11.4 Å². The highest BCUT2D eigenvalue weighted by Gasteiger charge is 2.44. The Morgan fingerprint density at radius 1 is 1.16 bits per heavy atom. The molecule has 0 aliphatic carbocycles. The predicted molar refractivity (Wildman–Crippen MR) is 122 cm³/mol. The first-order valence-corrected chi connectivity index (χ1v) is 11.4. The third-order valence-electron chi connectivity index (χ3n) is 7.19. The molecule has 2 aromatic rings. The molecule has 4 aliphatic rings. The zero-order chi connectivity index (χ0) is 22.3. The van der Waals surface area contributed by atoms with Gasteiger partial charge in [-0.05, 0) is 43.6 Å². The third kappa shape index (κ3) is 3.93. The summed E-state index contributed by atoms with van der Waals surface area (Å²) in [5.41, 5.74) is 1.66. The number of pyridine rings is 1. The molecule has 2 N–H and O–H groups in total. The molecule has 0 saturated carbocycles. The number of hydrogen-bond acceptors (Lipinski definition) is 5. The smallest absolute Gasteiger partial charge is 0.233 e. The zero-order valence-corrected chi connectivity index (χ0v) is 18.4. The first kappa shape index (κ1) is 21.1. The summed E-state index contributed by atoms with van der Waals surface area (Å²) in [7, 11) is 0. The summed E-state index contributed by atoms with van der Waals surface area (Å²) >= 11 is 0. The molecule has 0 radical (unpaired) electrons. The summed E-state index contributed by atoms with van der Waals surface area (Å²) in [4.78, 5) is 21.2. The van der Waals surface area contributed by atoms with Crippen molar-refractivity contribution in [3.05, 3.63) is 59.3 Å². The average molecular weight is 432 g/mol. The third-order valence-corrected chi connectivity index (χ3v) is 7.19. The second kappa shape index (κ2) is 8.32. The lowest BCUT2D eigenvalue weighted by Gasteiger charge is -2.47. The van der Waals surface area contributed by atoms with Crippen LogP contribution in [0, 0.1) is 23.7 Å². The molecule has 0 spiro atoms. The summed E-state index contributed by atoms with van der Waals surface area (Å²) in [5, 5.41) is 21.3. The molecule has 2 bridgehead atoms. The van der Waals surface area contributed by atoms with Crippen molar-refractivity contribution >= 4 is 11.7 Å². The van der Waals surface area contributed by atoms with Crippen LogP contribution in [0.2, 0.25) is 0 Å². The Bertz CT molecular complexity index is 1070. The van der Waals surface area contributed by atoms with Gasteiger partial charge in [-0.25, -0.2) is 4.98 Å². The van der Waals surface area contributed by atoms with Crippen LogP contribution in [0.4, 0.5) is 5.82 Å². The Hall–Kier alpha value is -2.72. The standard InChI is InChI=1S/C26H29N3O3/c1-18-23(30)16-29(25(18)31)24-8-7-20(22(27-24)15-19-5-3-2-4-6-19)9-12-26(32)17-28-13-10-21(26)11-14-28/h2-8,18,21,23,30,32H,10-11,13-17H2,1H3/t18-,23-,26-/m1/s1. The summed E-state index contributed by atoms with van der Waals surface area (Å²) in [6.45, 7) is 4.67. The molecule has 166 valence electrons. The van der Waals surface area contributed by atoms with Gasteiger partial charge in [0.15, 0.2) is 0 Å². The van der Waals surface area contributed by atoms with E-state index in [9.17, 15) is 15.0 Å². The number of nitrogens with zero attached hydrogens (tertiary/aromatic N) is 3. The van der Waals surface area contributed by atoms with E-state index in [0.29, 0.717) is 18.8 Å². The van der Waals surface area contributed by atoms with E-state index in [1.807, 2.05) is 36.4 Å². The van der Waals surface area contributed by atoms with Gasteiger partial charge in [-0.2, -0.15) is 0 Å². The Kier molecular flexibility index (Phi) is 5.50. The van der Waals surface area contributed by atoms with E-state index in [1.165, 1.54) is 0 Å². The molecule has 4 aliphatic heterocycles. The molecule has 1 aromatic carbocycles. The largest absolute Gasteiger partial charge is 0.390 e. The van der Waals surface area contributed by atoms with Crippen LogP contribution in [0.3, 0.4) is 0 Å². The van der Waals surface area contributed by atoms with Gasteiger partial charge in [0, 0.05) is 24.4 Å². The lowest BCUT2D eigenvalue weighted by Crippen LogP contribution is -2.58. The second-order valence-corrected chi connectivity index (χ2v) is 9.36. The lowest BCUT2D eigenvalue weighted by atomic mass is 9.75. The van der Waals surface area contributed by atoms with Gasteiger partial charge in [0.25, 0.3) is 0 Å². The first-order chi connectivity index (χ1) is 15.4. The minimum Gasteiger partial charge on any atom is -0.390 e. The van der Waals surface area contributed by atoms with Gasteiger partial charge >= 0.3 is 0 Å².